The van der Waals surface area contributed by atoms with Crippen LogP contribution in [0.3, 0.4) is 0 Å². The van der Waals surface area contributed by atoms with E-state index in [1.54, 1.807) is 0 Å². The Morgan fingerprint density at radius 2 is 1.75 bits per heavy atom. The van der Waals surface area contributed by atoms with Crippen LogP contribution in [0.4, 0.5) is 0 Å². The van der Waals surface area contributed by atoms with Gasteiger partial charge in [-0.05, 0) is 24.2 Å². The van der Waals surface area contributed by atoms with Crippen LogP contribution in [0.1, 0.15) is 40.5 Å². The normalized spacial score (nSPS) is 17.5. The number of aliphatic hydroxyl groups is 2. The standard InChI is InChI=1S/C10H22O2/c1-8(5-6-11)7-9(12)10(2,3)4/h8-9,11-12H,5-7H2,1-4H3/t8-,9-/m0/s1. The van der Waals surface area contributed by atoms with E-state index >= 15 is 0 Å². The average Bonchev–Trinajstić information content (AvgIpc) is 1.85. The molecule has 0 rings (SSSR count). The van der Waals surface area contributed by atoms with Crippen LogP contribution < -0.4 is 0 Å². The fourth-order valence-corrected chi connectivity index (χ4v) is 1.07. The molecule has 2 nitrogen and oxygen atoms in total. The summed E-state index contributed by atoms with van der Waals surface area (Å²) < 4.78 is 0. The molecule has 0 aromatic carbocycles. The highest BCUT2D eigenvalue weighted by Crippen LogP contribution is 2.25. The van der Waals surface area contributed by atoms with Crippen LogP contribution in [0.5, 0.6) is 0 Å². The van der Waals surface area contributed by atoms with Crippen molar-refractivity contribution in [1.29, 1.82) is 0 Å². The highest BCUT2D eigenvalue weighted by molar-refractivity contribution is 4.74. The number of hydrogen-bond donors (Lipinski definition) is 2. The van der Waals surface area contributed by atoms with Crippen LogP contribution in [-0.4, -0.2) is 22.9 Å². The molecule has 0 fully saturated rings. The zero-order valence-corrected chi connectivity index (χ0v) is 8.67. The Kier molecular flexibility index (Phi) is 4.80. The van der Waals surface area contributed by atoms with E-state index in [0.29, 0.717) is 5.92 Å². The van der Waals surface area contributed by atoms with Gasteiger partial charge >= 0.3 is 0 Å². The smallest absolute Gasteiger partial charge is 0.0591 e. The Morgan fingerprint density at radius 3 is 2.08 bits per heavy atom. The van der Waals surface area contributed by atoms with Gasteiger partial charge in [0.2, 0.25) is 0 Å². The van der Waals surface area contributed by atoms with Crippen LogP contribution >= 0.6 is 0 Å². The van der Waals surface area contributed by atoms with E-state index in [1.165, 1.54) is 0 Å². The lowest BCUT2D eigenvalue weighted by Crippen LogP contribution is -2.28. The van der Waals surface area contributed by atoms with E-state index < -0.39 is 0 Å². The molecule has 0 aromatic heterocycles. The lowest BCUT2D eigenvalue weighted by Gasteiger charge is -2.27. The first kappa shape index (κ1) is 11.9. The summed E-state index contributed by atoms with van der Waals surface area (Å²) in [6.45, 7) is 8.37. The fraction of sp³-hybridized carbons (Fsp3) is 1.00. The maximum atomic E-state index is 9.70. The van der Waals surface area contributed by atoms with Crippen molar-refractivity contribution in [3.63, 3.8) is 0 Å². The maximum Gasteiger partial charge on any atom is 0.0591 e. The van der Waals surface area contributed by atoms with Gasteiger partial charge < -0.3 is 10.2 Å². The molecule has 0 saturated heterocycles. The lowest BCUT2D eigenvalue weighted by molar-refractivity contribution is 0.0400. The average molecular weight is 174 g/mol. The van der Waals surface area contributed by atoms with E-state index in [4.69, 9.17) is 5.11 Å². The van der Waals surface area contributed by atoms with Crippen molar-refractivity contribution < 1.29 is 10.2 Å². The summed E-state index contributed by atoms with van der Waals surface area (Å²) in [5.74, 6) is 0.407. The largest absolute Gasteiger partial charge is 0.396 e. The third-order valence-corrected chi connectivity index (χ3v) is 2.25. The van der Waals surface area contributed by atoms with Gasteiger partial charge in [-0.15, -0.1) is 0 Å². The molecule has 74 valence electrons. The molecule has 0 aliphatic carbocycles. The van der Waals surface area contributed by atoms with E-state index in [0.717, 1.165) is 12.8 Å². The highest BCUT2D eigenvalue weighted by atomic mass is 16.3. The van der Waals surface area contributed by atoms with Crippen molar-refractivity contribution >= 4 is 0 Å². The Bertz CT molecular complexity index is 115. The number of hydrogen-bond acceptors (Lipinski definition) is 2. The van der Waals surface area contributed by atoms with Crippen LogP contribution in [0, 0.1) is 11.3 Å². The van der Waals surface area contributed by atoms with Gasteiger partial charge in [-0.1, -0.05) is 27.7 Å². The zero-order valence-electron chi connectivity index (χ0n) is 8.67. The van der Waals surface area contributed by atoms with Gasteiger partial charge in [0.15, 0.2) is 0 Å². The van der Waals surface area contributed by atoms with Crippen LogP contribution in [0.25, 0.3) is 0 Å². The molecule has 0 bridgehead atoms. The van der Waals surface area contributed by atoms with E-state index in [9.17, 15) is 5.11 Å². The molecule has 0 radical (unpaired) electrons. The van der Waals surface area contributed by atoms with Gasteiger partial charge in [0, 0.05) is 6.61 Å². The Labute approximate surface area is 75.6 Å². The molecule has 12 heavy (non-hydrogen) atoms. The molecule has 0 unspecified atom stereocenters. The number of aliphatic hydroxyl groups excluding tert-OH is 2. The second-order valence-electron chi connectivity index (χ2n) is 4.73. The molecular weight excluding hydrogens is 152 g/mol. The van der Waals surface area contributed by atoms with Crippen LogP contribution in [0.2, 0.25) is 0 Å². The highest BCUT2D eigenvalue weighted by Gasteiger charge is 2.23. The fourth-order valence-electron chi connectivity index (χ4n) is 1.07. The van der Waals surface area contributed by atoms with E-state index in [1.807, 2.05) is 20.8 Å². The predicted molar refractivity (Wildman–Crippen MR) is 50.9 cm³/mol. The van der Waals surface area contributed by atoms with Gasteiger partial charge in [0.05, 0.1) is 6.10 Å². The zero-order chi connectivity index (χ0) is 9.78. The van der Waals surface area contributed by atoms with Gasteiger partial charge in [-0.25, -0.2) is 0 Å². The first-order chi connectivity index (χ1) is 5.38. The maximum absolute atomic E-state index is 9.70. The second kappa shape index (κ2) is 4.83. The van der Waals surface area contributed by atoms with Gasteiger partial charge in [-0.3, -0.25) is 0 Å². The summed E-state index contributed by atoms with van der Waals surface area (Å²) in [6.07, 6.45) is 1.30. The second-order valence-corrected chi connectivity index (χ2v) is 4.73. The molecule has 2 heteroatoms. The molecule has 2 N–H and O–H groups in total. The molecular formula is C10H22O2. The molecule has 0 amide bonds. The Morgan fingerprint density at radius 1 is 1.25 bits per heavy atom. The van der Waals surface area contributed by atoms with Gasteiger partial charge in [-0.2, -0.15) is 0 Å². The van der Waals surface area contributed by atoms with Crippen molar-refractivity contribution in [2.45, 2.75) is 46.6 Å². The Balaban J connectivity index is 3.76. The molecule has 0 saturated carbocycles. The van der Waals surface area contributed by atoms with Crippen molar-refractivity contribution in [3.8, 4) is 0 Å². The van der Waals surface area contributed by atoms with Crippen LogP contribution in [-0.2, 0) is 0 Å². The van der Waals surface area contributed by atoms with E-state index in [2.05, 4.69) is 6.92 Å². The molecule has 0 aromatic rings. The summed E-state index contributed by atoms with van der Waals surface area (Å²) in [7, 11) is 0. The first-order valence-corrected chi connectivity index (χ1v) is 4.67. The van der Waals surface area contributed by atoms with Crippen molar-refractivity contribution in [2.24, 2.45) is 11.3 Å². The third-order valence-electron chi connectivity index (χ3n) is 2.25. The molecule has 0 aliphatic heterocycles. The van der Waals surface area contributed by atoms with Gasteiger partial charge in [0.1, 0.15) is 0 Å². The summed E-state index contributed by atoms with van der Waals surface area (Å²) in [5.41, 5.74) is -0.0380. The summed E-state index contributed by atoms with van der Waals surface area (Å²) in [6, 6.07) is 0. The lowest BCUT2D eigenvalue weighted by atomic mass is 9.83. The van der Waals surface area contributed by atoms with Crippen LogP contribution in [0.15, 0.2) is 0 Å². The van der Waals surface area contributed by atoms with Crippen molar-refractivity contribution in [3.05, 3.63) is 0 Å². The predicted octanol–water partition coefficient (Wildman–Crippen LogP) is 1.80. The minimum Gasteiger partial charge on any atom is -0.396 e. The molecule has 2 atom stereocenters. The summed E-state index contributed by atoms with van der Waals surface area (Å²) >= 11 is 0. The Hall–Kier alpha value is -0.0800. The quantitative estimate of drug-likeness (QED) is 0.682. The van der Waals surface area contributed by atoms with Crippen molar-refractivity contribution in [2.75, 3.05) is 6.61 Å². The SMILES string of the molecule is C[C@@H](CCO)C[C@H](O)C(C)(C)C. The molecule has 0 aliphatic rings. The minimum absolute atomic E-state index is 0.0380. The minimum atomic E-state index is -0.265. The third kappa shape index (κ3) is 4.73. The number of rotatable bonds is 4. The van der Waals surface area contributed by atoms with Crippen molar-refractivity contribution in [1.82, 2.24) is 0 Å². The topological polar surface area (TPSA) is 40.5 Å². The molecule has 0 heterocycles. The summed E-state index contributed by atoms with van der Waals surface area (Å²) in [4.78, 5) is 0. The van der Waals surface area contributed by atoms with E-state index in [-0.39, 0.29) is 18.1 Å². The summed E-state index contributed by atoms with van der Waals surface area (Å²) in [5, 5.41) is 18.4. The first-order valence-electron chi connectivity index (χ1n) is 4.67. The molecule has 0 spiro atoms. The van der Waals surface area contributed by atoms with Gasteiger partial charge in [0.25, 0.3) is 0 Å². The monoisotopic (exact) mass is 174 g/mol.